The van der Waals surface area contributed by atoms with Gasteiger partial charge in [0.05, 0.1) is 12.5 Å². The number of hydrogen-bond donors (Lipinski definition) is 2. The number of nitriles is 1. The van der Waals surface area contributed by atoms with Crippen LogP contribution in [0.4, 0.5) is 4.39 Å². The Morgan fingerprint density at radius 2 is 2.20 bits per heavy atom. The summed E-state index contributed by atoms with van der Waals surface area (Å²) in [4.78, 5) is 10.8. The Balaban J connectivity index is 2.74. The maximum absolute atomic E-state index is 13.0. The largest absolute Gasteiger partial charge is 0.482 e. The van der Waals surface area contributed by atoms with Crippen molar-refractivity contribution in [3.8, 4) is 11.8 Å². The number of primary sulfonamides is 1. The average Bonchev–Trinajstić information content (AvgIpc) is 2.36. The Morgan fingerprint density at radius 3 is 2.80 bits per heavy atom. The van der Waals surface area contributed by atoms with E-state index in [0.29, 0.717) is 6.07 Å². The van der Waals surface area contributed by atoms with E-state index in [9.17, 15) is 17.6 Å². The smallest absolute Gasteiger partial charge is 0.257 e. The van der Waals surface area contributed by atoms with Crippen LogP contribution in [0.15, 0.2) is 23.1 Å². The van der Waals surface area contributed by atoms with E-state index in [-0.39, 0.29) is 18.7 Å². The Bertz CT molecular complexity index is 640. The Morgan fingerprint density at radius 1 is 1.50 bits per heavy atom. The average molecular weight is 301 g/mol. The number of amides is 1. The van der Waals surface area contributed by atoms with E-state index in [2.05, 4.69) is 5.32 Å². The molecule has 1 aromatic carbocycles. The highest BCUT2D eigenvalue weighted by Gasteiger charge is 2.17. The molecular weight excluding hydrogens is 289 g/mol. The van der Waals surface area contributed by atoms with Crippen molar-refractivity contribution in [3.05, 3.63) is 24.0 Å². The summed E-state index contributed by atoms with van der Waals surface area (Å²) in [6.07, 6.45) is 0.144. The molecule has 3 N–H and O–H groups in total. The van der Waals surface area contributed by atoms with Gasteiger partial charge in [-0.15, -0.1) is 0 Å². The van der Waals surface area contributed by atoms with Gasteiger partial charge in [-0.25, -0.2) is 17.9 Å². The lowest BCUT2D eigenvalue weighted by atomic mass is 10.3. The SMILES string of the molecule is N#CCCNC(=O)COc1ccc(F)cc1S(N)(=O)=O. The number of ether oxygens (including phenoxy) is 1. The van der Waals surface area contributed by atoms with Gasteiger partial charge in [0.1, 0.15) is 16.5 Å². The minimum absolute atomic E-state index is 0.144. The van der Waals surface area contributed by atoms with E-state index in [0.717, 1.165) is 12.1 Å². The van der Waals surface area contributed by atoms with Gasteiger partial charge >= 0.3 is 0 Å². The van der Waals surface area contributed by atoms with Crippen LogP contribution in [0.25, 0.3) is 0 Å². The number of halogens is 1. The fourth-order valence-corrected chi connectivity index (χ4v) is 1.96. The van der Waals surface area contributed by atoms with E-state index in [1.807, 2.05) is 6.07 Å². The summed E-state index contributed by atoms with van der Waals surface area (Å²) in [5, 5.41) is 15.6. The van der Waals surface area contributed by atoms with Crippen molar-refractivity contribution in [2.75, 3.05) is 13.2 Å². The van der Waals surface area contributed by atoms with E-state index >= 15 is 0 Å². The van der Waals surface area contributed by atoms with E-state index in [1.165, 1.54) is 0 Å². The van der Waals surface area contributed by atoms with E-state index in [1.54, 1.807) is 0 Å². The fourth-order valence-electron chi connectivity index (χ4n) is 1.28. The van der Waals surface area contributed by atoms with Crippen LogP contribution in [0.3, 0.4) is 0 Å². The maximum Gasteiger partial charge on any atom is 0.257 e. The van der Waals surface area contributed by atoms with Crippen LogP contribution in [-0.2, 0) is 14.8 Å². The van der Waals surface area contributed by atoms with Gasteiger partial charge in [0.15, 0.2) is 6.61 Å². The normalized spacial score (nSPS) is 10.7. The first-order chi connectivity index (χ1) is 9.34. The van der Waals surface area contributed by atoms with Gasteiger partial charge in [0.25, 0.3) is 5.91 Å². The fraction of sp³-hybridized carbons (Fsp3) is 0.273. The molecule has 0 atom stereocenters. The van der Waals surface area contributed by atoms with Crippen molar-refractivity contribution in [1.29, 1.82) is 5.26 Å². The summed E-state index contributed by atoms with van der Waals surface area (Å²) >= 11 is 0. The van der Waals surface area contributed by atoms with Gasteiger partial charge in [-0.05, 0) is 18.2 Å². The molecule has 0 bridgehead atoms. The molecule has 0 heterocycles. The standard InChI is InChI=1S/C11H12FN3O4S/c12-8-2-3-9(10(6-8)20(14,17)18)19-7-11(16)15-5-1-4-13/h2-3,6H,1,5,7H2,(H,15,16)(H2,14,17,18). The lowest BCUT2D eigenvalue weighted by Crippen LogP contribution is -2.29. The monoisotopic (exact) mass is 301 g/mol. The second-order valence-corrected chi connectivity index (χ2v) is 5.21. The first-order valence-electron chi connectivity index (χ1n) is 5.43. The van der Waals surface area contributed by atoms with Crippen molar-refractivity contribution in [3.63, 3.8) is 0 Å². The number of carbonyl (C=O) groups is 1. The Labute approximate surface area is 115 Å². The number of benzene rings is 1. The molecule has 9 heteroatoms. The van der Waals surface area contributed by atoms with Crippen LogP contribution in [0.5, 0.6) is 5.75 Å². The molecule has 108 valence electrons. The third-order valence-corrected chi connectivity index (χ3v) is 3.06. The number of nitrogens with one attached hydrogen (secondary N) is 1. The van der Waals surface area contributed by atoms with Crippen molar-refractivity contribution in [2.45, 2.75) is 11.3 Å². The number of sulfonamides is 1. The Hall–Kier alpha value is -2.18. The van der Waals surface area contributed by atoms with E-state index in [4.69, 9.17) is 15.1 Å². The predicted molar refractivity (Wildman–Crippen MR) is 66.5 cm³/mol. The van der Waals surface area contributed by atoms with Crippen molar-refractivity contribution < 1.29 is 22.3 Å². The molecular formula is C11H12FN3O4S. The van der Waals surface area contributed by atoms with Crippen molar-refractivity contribution in [1.82, 2.24) is 5.32 Å². The van der Waals surface area contributed by atoms with Crippen LogP contribution >= 0.6 is 0 Å². The van der Waals surface area contributed by atoms with Gasteiger partial charge in [0, 0.05) is 6.54 Å². The molecule has 0 saturated carbocycles. The molecule has 0 fully saturated rings. The number of nitrogens with zero attached hydrogens (tertiary/aromatic N) is 1. The molecule has 0 aromatic heterocycles. The molecule has 0 aliphatic rings. The maximum atomic E-state index is 13.0. The summed E-state index contributed by atoms with van der Waals surface area (Å²) in [7, 11) is -4.16. The molecule has 0 saturated heterocycles. The highest BCUT2D eigenvalue weighted by Crippen LogP contribution is 2.23. The Kier molecular flexibility index (Phi) is 5.42. The number of nitrogens with two attached hydrogens (primary N) is 1. The molecule has 0 radical (unpaired) electrons. The molecule has 1 rings (SSSR count). The number of carbonyl (C=O) groups excluding carboxylic acids is 1. The minimum Gasteiger partial charge on any atom is -0.482 e. The molecule has 20 heavy (non-hydrogen) atoms. The lowest BCUT2D eigenvalue weighted by molar-refractivity contribution is -0.123. The lowest BCUT2D eigenvalue weighted by Gasteiger charge is -2.10. The third kappa shape index (κ3) is 4.83. The highest BCUT2D eigenvalue weighted by molar-refractivity contribution is 7.89. The zero-order valence-corrected chi connectivity index (χ0v) is 11.1. The molecule has 7 nitrogen and oxygen atoms in total. The molecule has 1 aromatic rings. The van der Waals surface area contributed by atoms with Gasteiger partial charge in [-0.1, -0.05) is 0 Å². The zero-order chi connectivity index (χ0) is 15.2. The number of hydrogen-bond acceptors (Lipinski definition) is 5. The quantitative estimate of drug-likeness (QED) is 0.709. The molecule has 1 amide bonds. The summed E-state index contributed by atoms with van der Waals surface area (Å²) in [6.45, 7) is -0.316. The molecule has 0 unspecified atom stereocenters. The molecule has 0 aliphatic carbocycles. The third-order valence-electron chi connectivity index (χ3n) is 2.13. The topological polar surface area (TPSA) is 122 Å². The van der Waals surface area contributed by atoms with Crippen LogP contribution < -0.4 is 15.2 Å². The van der Waals surface area contributed by atoms with Crippen LogP contribution in [0, 0.1) is 17.1 Å². The summed E-state index contributed by atoms with van der Waals surface area (Å²) < 4.78 is 40.5. The van der Waals surface area contributed by atoms with E-state index < -0.39 is 33.3 Å². The summed E-state index contributed by atoms with van der Waals surface area (Å²) in [6, 6.07) is 4.60. The first kappa shape index (κ1) is 15.9. The highest BCUT2D eigenvalue weighted by atomic mass is 32.2. The van der Waals surface area contributed by atoms with Crippen molar-refractivity contribution in [2.24, 2.45) is 5.14 Å². The minimum atomic E-state index is -4.16. The van der Waals surface area contributed by atoms with Gasteiger partial charge in [0.2, 0.25) is 10.0 Å². The van der Waals surface area contributed by atoms with Crippen molar-refractivity contribution >= 4 is 15.9 Å². The second kappa shape index (κ2) is 6.83. The van der Waals surface area contributed by atoms with Gasteiger partial charge < -0.3 is 10.1 Å². The van der Waals surface area contributed by atoms with Crippen LogP contribution in [0.2, 0.25) is 0 Å². The first-order valence-corrected chi connectivity index (χ1v) is 6.98. The predicted octanol–water partition coefficient (Wildman–Crippen LogP) is -0.118. The van der Waals surface area contributed by atoms with Gasteiger partial charge in [-0.3, -0.25) is 4.79 Å². The number of rotatable bonds is 6. The zero-order valence-electron chi connectivity index (χ0n) is 10.3. The summed E-state index contributed by atoms with van der Waals surface area (Å²) in [5.74, 6) is -1.55. The van der Waals surface area contributed by atoms with Gasteiger partial charge in [-0.2, -0.15) is 5.26 Å². The second-order valence-electron chi connectivity index (χ2n) is 3.68. The van der Waals surface area contributed by atoms with Crippen LogP contribution in [0.1, 0.15) is 6.42 Å². The molecule has 0 spiro atoms. The van der Waals surface area contributed by atoms with Crippen LogP contribution in [-0.4, -0.2) is 27.5 Å². The molecule has 0 aliphatic heterocycles. The summed E-state index contributed by atoms with van der Waals surface area (Å²) in [5.41, 5.74) is 0.